The van der Waals surface area contributed by atoms with Gasteiger partial charge in [0.25, 0.3) is 0 Å². The van der Waals surface area contributed by atoms with Gasteiger partial charge < -0.3 is 24.4 Å². The van der Waals surface area contributed by atoms with Crippen LogP contribution in [0.25, 0.3) is 0 Å². The van der Waals surface area contributed by atoms with Crippen molar-refractivity contribution in [3.63, 3.8) is 0 Å². The summed E-state index contributed by atoms with van der Waals surface area (Å²) in [7, 11) is 0. The van der Waals surface area contributed by atoms with Gasteiger partial charge in [-0.15, -0.1) is 0 Å². The third-order valence-corrected chi connectivity index (χ3v) is 12.3. The molecule has 208 valence electrons. The second kappa shape index (κ2) is 7.21. The molecule has 0 aromatic heterocycles. The number of hydrogen-bond acceptors (Lipinski definition) is 9. The molecular formula is C29H39NO8. The van der Waals surface area contributed by atoms with E-state index in [0.717, 1.165) is 5.57 Å². The molecule has 3 saturated heterocycles. The first-order chi connectivity index (χ1) is 17.8. The number of nitrogens with zero attached hydrogens (tertiary/aromatic N) is 1. The second-order valence-electron chi connectivity index (χ2n) is 13.8. The number of ether oxygens (including phenoxy) is 3. The van der Waals surface area contributed by atoms with Crippen molar-refractivity contribution in [1.29, 1.82) is 0 Å². The van der Waals surface area contributed by atoms with Crippen LogP contribution in [0.1, 0.15) is 60.3 Å². The standard InChI is InChI=1S/C29H39NO8/c1-7-12(2)24(35)37-17-10-28-20-16-9-27-8-13(3)18(19(33)21(27)28)22(34)29(27,38-15(5)32)25(28)30(16)11-26(20,6)23(17)36-14(4)31/h12,16-23,25,33-34H,3,7-11H2,1-2,4-6H3. The van der Waals surface area contributed by atoms with Gasteiger partial charge >= 0.3 is 17.9 Å². The van der Waals surface area contributed by atoms with Gasteiger partial charge in [-0.25, -0.2) is 0 Å². The summed E-state index contributed by atoms with van der Waals surface area (Å²) in [6.45, 7) is 13.5. The highest BCUT2D eigenvalue weighted by molar-refractivity contribution is 5.72. The summed E-state index contributed by atoms with van der Waals surface area (Å²) in [5, 5.41) is 23.9. The van der Waals surface area contributed by atoms with E-state index in [1.807, 2.05) is 13.8 Å². The van der Waals surface area contributed by atoms with Crippen LogP contribution in [0.15, 0.2) is 12.2 Å². The number of hydrogen-bond donors (Lipinski definition) is 2. The summed E-state index contributed by atoms with van der Waals surface area (Å²) in [6.07, 6.45) is -0.935. The molecule has 2 N–H and O–H groups in total. The summed E-state index contributed by atoms with van der Waals surface area (Å²) in [5.74, 6) is -2.29. The van der Waals surface area contributed by atoms with Crippen LogP contribution in [-0.2, 0) is 28.6 Å². The minimum absolute atomic E-state index is 0.0328. The number of carbonyl (C=O) groups is 3. The molecule has 3 heterocycles. The molecule has 2 spiro atoms. The van der Waals surface area contributed by atoms with Crippen molar-refractivity contribution in [2.24, 2.45) is 39.9 Å². The molecule has 0 aromatic rings. The summed E-state index contributed by atoms with van der Waals surface area (Å²) in [5.41, 5.74) is -2.08. The Hall–Kier alpha value is -1.97. The molecule has 3 aliphatic heterocycles. The van der Waals surface area contributed by atoms with Crippen LogP contribution in [0.2, 0.25) is 0 Å². The quantitative estimate of drug-likeness (QED) is 0.311. The fraction of sp³-hybridized carbons (Fsp3) is 0.828. The Balaban J connectivity index is 1.43. The molecule has 38 heavy (non-hydrogen) atoms. The van der Waals surface area contributed by atoms with Crippen molar-refractivity contribution in [2.75, 3.05) is 6.54 Å². The average Bonchev–Trinajstić information content (AvgIpc) is 3.25. The Morgan fingerprint density at radius 2 is 1.84 bits per heavy atom. The molecule has 9 bridgehead atoms. The predicted octanol–water partition coefficient (Wildman–Crippen LogP) is 1.59. The fourth-order valence-corrected chi connectivity index (χ4v) is 11.9. The highest BCUT2D eigenvalue weighted by Gasteiger charge is 2.97. The van der Waals surface area contributed by atoms with Crippen LogP contribution in [0.5, 0.6) is 0 Å². The Labute approximate surface area is 222 Å². The lowest BCUT2D eigenvalue weighted by molar-refractivity contribution is -0.288. The molecule has 0 radical (unpaired) electrons. The zero-order valence-electron chi connectivity index (χ0n) is 22.8. The molecule has 9 aliphatic rings. The largest absolute Gasteiger partial charge is 0.458 e. The lowest BCUT2D eigenvalue weighted by Gasteiger charge is -2.68. The maximum absolute atomic E-state index is 13.1. The van der Waals surface area contributed by atoms with E-state index in [1.165, 1.54) is 13.8 Å². The van der Waals surface area contributed by atoms with Gasteiger partial charge in [-0.1, -0.05) is 32.9 Å². The lowest BCUT2D eigenvalue weighted by atomic mass is 9.38. The van der Waals surface area contributed by atoms with Gasteiger partial charge in [0, 0.05) is 54.5 Å². The first kappa shape index (κ1) is 25.0. The smallest absolute Gasteiger partial charge is 0.309 e. The zero-order chi connectivity index (χ0) is 27.3. The molecule has 9 rings (SSSR count). The van der Waals surface area contributed by atoms with E-state index >= 15 is 0 Å². The molecular weight excluding hydrogens is 490 g/mol. The van der Waals surface area contributed by atoms with E-state index in [-0.39, 0.29) is 35.8 Å². The van der Waals surface area contributed by atoms with Crippen LogP contribution in [-0.4, -0.2) is 81.7 Å². The van der Waals surface area contributed by atoms with Crippen molar-refractivity contribution < 1.29 is 38.8 Å². The molecule has 6 saturated carbocycles. The highest BCUT2D eigenvalue weighted by atomic mass is 16.6. The Morgan fingerprint density at radius 1 is 1.13 bits per heavy atom. The maximum Gasteiger partial charge on any atom is 0.309 e. The topological polar surface area (TPSA) is 123 Å². The van der Waals surface area contributed by atoms with E-state index in [2.05, 4.69) is 18.4 Å². The molecule has 0 aromatic carbocycles. The first-order valence-corrected chi connectivity index (χ1v) is 14.2. The summed E-state index contributed by atoms with van der Waals surface area (Å²) >= 11 is 0. The van der Waals surface area contributed by atoms with Gasteiger partial charge in [-0.2, -0.15) is 0 Å². The Bertz CT molecular complexity index is 1170. The van der Waals surface area contributed by atoms with Crippen LogP contribution >= 0.6 is 0 Å². The van der Waals surface area contributed by atoms with Crippen molar-refractivity contribution in [3.05, 3.63) is 12.2 Å². The fourth-order valence-electron chi connectivity index (χ4n) is 11.9. The summed E-state index contributed by atoms with van der Waals surface area (Å²) in [6, 6.07) is -0.178. The first-order valence-electron chi connectivity index (χ1n) is 14.2. The number of aliphatic hydroxyl groups excluding tert-OH is 2. The number of esters is 3. The lowest BCUT2D eigenvalue weighted by Crippen LogP contribution is -2.77. The number of piperidine rings is 2. The van der Waals surface area contributed by atoms with Gasteiger partial charge in [0.05, 0.1) is 18.1 Å². The zero-order valence-corrected chi connectivity index (χ0v) is 22.8. The van der Waals surface area contributed by atoms with E-state index in [4.69, 9.17) is 14.2 Å². The molecule has 15 atom stereocenters. The average molecular weight is 530 g/mol. The maximum atomic E-state index is 13.1. The van der Waals surface area contributed by atoms with Crippen molar-refractivity contribution in [1.82, 2.24) is 4.90 Å². The Kier molecular flexibility index (Phi) is 4.75. The van der Waals surface area contributed by atoms with E-state index in [0.29, 0.717) is 32.2 Å². The summed E-state index contributed by atoms with van der Waals surface area (Å²) < 4.78 is 18.5. The molecule has 6 aliphatic carbocycles. The SMILES string of the molecule is C=C1CC23CC4C5C6(C)CN4C4C5(CC(OC(=O)C(C)CC)C6OC(C)=O)C2C(O)C1C(O)C43OC(C)=O. The second-order valence-corrected chi connectivity index (χ2v) is 13.8. The Morgan fingerprint density at radius 3 is 2.47 bits per heavy atom. The molecule has 9 heteroatoms. The molecule has 9 fully saturated rings. The monoisotopic (exact) mass is 529 g/mol. The van der Waals surface area contributed by atoms with Gasteiger partial charge in [0.2, 0.25) is 0 Å². The number of aliphatic hydroxyl groups is 2. The van der Waals surface area contributed by atoms with Crippen LogP contribution in [0, 0.1) is 39.9 Å². The van der Waals surface area contributed by atoms with Gasteiger partial charge in [-0.3, -0.25) is 19.3 Å². The van der Waals surface area contributed by atoms with E-state index in [9.17, 15) is 24.6 Å². The van der Waals surface area contributed by atoms with Gasteiger partial charge in [0.1, 0.15) is 18.3 Å². The number of carbonyl (C=O) groups excluding carboxylic acids is 3. The molecule has 0 amide bonds. The van der Waals surface area contributed by atoms with Crippen LogP contribution < -0.4 is 0 Å². The van der Waals surface area contributed by atoms with Crippen LogP contribution in [0.3, 0.4) is 0 Å². The molecule has 9 nitrogen and oxygen atoms in total. The number of rotatable bonds is 5. The van der Waals surface area contributed by atoms with Crippen LogP contribution in [0.4, 0.5) is 0 Å². The van der Waals surface area contributed by atoms with Crippen molar-refractivity contribution >= 4 is 17.9 Å². The van der Waals surface area contributed by atoms with Crippen molar-refractivity contribution in [3.8, 4) is 0 Å². The normalized spacial score (nSPS) is 56.7. The third kappa shape index (κ3) is 2.34. The summed E-state index contributed by atoms with van der Waals surface area (Å²) in [4.78, 5) is 40.6. The van der Waals surface area contributed by atoms with Gasteiger partial charge in [-0.05, 0) is 31.6 Å². The minimum Gasteiger partial charge on any atom is -0.458 e. The minimum atomic E-state index is -1.17. The molecule has 15 unspecified atom stereocenters. The highest BCUT2D eigenvalue weighted by Crippen LogP contribution is 2.88. The number of fused-ring (bicyclic) bond motifs is 1. The van der Waals surface area contributed by atoms with E-state index < -0.39 is 64.1 Å². The van der Waals surface area contributed by atoms with Gasteiger partial charge in [0.15, 0.2) is 5.60 Å². The predicted molar refractivity (Wildman–Crippen MR) is 132 cm³/mol. The third-order valence-electron chi connectivity index (χ3n) is 12.3. The van der Waals surface area contributed by atoms with Crippen molar-refractivity contribution in [2.45, 2.75) is 102 Å². The van der Waals surface area contributed by atoms with E-state index in [1.54, 1.807) is 0 Å².